The van der Waals surface area contributed by atoms with Gasteiger partial charge in [0.1, 0.15) is 5.82 Å². The van der Waals surface area contributed by atoms with Crippen molar-refractivity contribution in [2.75, 3.05) is 20.1 Å². The zero-order valence-electron chi connectivity index (χ0n) is 16.5. The number of benzene rings is 1. The minimum atomic E-state index is 0. The maximum Gasteiger partial charge on any atom is 0.194 e. The van der Waals surface area contributed by atoms with Crippen molar-refractivity contribution in [1.82, 2.24) is 25.0 Å². The lowest BCUT2D eigenvalue weighted by atomic mass is 10.0. The molecule has 0 radical (unpaired) electrons. The van der Waals surface area contributed by atoms with E-state index in [2.05, 4.69) is 66.4 Å². The van der Waals surface area contributed by atoms with E-state index in [1.54, 1.807) is 0 Å². The van der Waals surface area contributed by atoms with Crippen molar-refractivity contribution in [2.45, 2.75) is 45.2 Å². The van der Waals surface area contributed by atoms with Crippen molar-refractivity contribution < 1.29 is 0 Å². The Hall–Kier alpha value is -1.90. The molecular weight excluding hydrogens is 463 g/mol. The summed E-state index contributed by atoms with van der Waals surface area (Å²) in [5, 5.41) is 12.2. The molecule has 3 heterocycles. The van der Waals surface area contributed by atoms with Crippen LogP contribution >= 0.6 is 24.0 Å². The van der Waals surface area contributed by atoms with Crippen LogP contribution < -0.4 is 5.32 Å². The molecule has 1 aromatic carbocycles. The SMILES string of the molecule is CN=C(NCc1nnc2n1CCCC2)N1CCC(=Cc2ccccc2)CC1.I. The monoisotopic (exact) mass is 492 g/mol. The molecule has 1 saturated heterocycles. The van der Waals surface area contributed by atoms with Gasteiger partial charge in [0.15, 0.2) is 11.8 Å². The lowest BCUT2D eigenvalue weighted by Crippen LogP contribution is -2.44. The Kier molecular flexibility index (Phi) is 7.47. The molecule has 0 saturated carbocycles. The molecule has 1 fully saturated rings. The van der Waals surface area contributed by atoms with Gasteiger partial charge in [-0.3, -0.25) is 4.99 Å². The summed E-state index contributed by atoms with van der Waals surface area (Å²) in [6.07, 6.45) is 7.97. The van der Waals surface area contributed by atoms with Crippen molar-refractivity contribution >= 4 is 36.0 Å². The van der Waals surface area contributed by atoms with Gasteiger partial charge >= 0.3 is 0 Å². The Morgan fingerprint density at radius 1 is 1.07 bits per heavy atom. The molecule has 0 amide bonds. The van der Waals surface area contributed by atoms with Gasteiger partial charge in [-0.1, -0.05) is 42.0 Å². The summed E-state index contributed by atoms with van der Waals surface area (Å²) in [6, 6.07) is 10.6. The van der Waals surface area contributed by atoms with Crippen molar-refractivity contribution in [1.29, 1.82) is 0 Å². The quantitative estimate of drug-likeness (QED) is 0.405. The second kappa shape index (κ2) is 10.0. The number of fused-ring (bicyclic) bond motifs is 1. The lowest BCUT2D eigenvalue weighted by molar-refractivity contribution is 0.374. The van der Waals surface area contributed by atoms with Gasteiger partial charge in [-0.05, 0) is 31.2 Å². The number of rotatable bonds is 3. The van der Waals surface area contributed by atoms with Gasteiger partial charge in [0.2, 0.25) is 0 Å². The number of nitrogens with one attached hydrogen (secondary N) is 1. The van der Waals surface area contributed by atoms with Crippen molar-refractivity contribution in [3.63, 3.8) is 0 Å². The van der Waals surface area contributed by atoms with Crippen LogP contribution in [-0.2, 0) is 19.5 Å². The Labute approximate surface area is 184 Å². The number of aromatic nitrogens is 3. The van der Waals surface area contributed by atoms with Crippen LogP contribution in [0.15, 0.2) is 40.9 Å². The van der Waals surface area contributed by atoms with Crippen LogP contribution in [0.5, 0.6) is 0 Å². The summed E-state index contributed by atoms with van der Waals surface area (Å²) in [4.78, 5) is 6.83. The number of piperidine rings is 1. The van der Waals surface area contributed by atoms with Crippen LogP contribution in [0.3, 0.4) is 0 Å². The third-order valence-electron chi connectivity index (χ3n) is 5.43. The summed E-state index contributed by atoms with van der Waals surface area (Å²) in [7, 11) is 1.86. The Bertz CT molecular complexity index is 817. The average Bonchev–Trinajstić information content (AvgIpc) is 3.14. The zero-order valence-corrected chi connectivity index (χ0v) is 18.8. The number of aliphatic imine (C=N–C) groups is 1. The van der Waals surface area contributed by atoms with Crippen LogP contribution in [0.4, 0.5) is 0 Å². The first-order chi connectivity index (χ1) is 13.3. The van der Waals surface area contributed by atoms with Crippen LogP contribution in [0.2, 0.25) is 0 Å². The van der Waals surface area contributed by atoms with Gasteiger partial charge in [-0.2, -0.15) is 0 Å². The fraction of sp³-hybridized carbons (Fsp3) is 0.476. The number of nitrogens with zero attached hydrogens (tertiary/aromatic N) is 5. The molecule has 1 N–H and O–H groups in total. The standard InChI is InChI=1S/C21H28N6.HI/c1-22-21(23-16-20-25-24-19-9-5-6-12-27(19)20)26-13-10-18(11-14-26)15-17-7-3-2-4-8-17;/h2-4,7-8,15H,5-6,9-14,16H2,1H3,(H,22,23);1H. The maximum absolute atomic E-state index is 4.49. The summed E-state index contributed by atoms with van der Waals surface area (Å²) in [6.45, 7) is 3.71. The average molecular weight is 492 g/mol. The fourth-order valence-electron chi connectivity index (χ4n) is 3.92. The topological polar surface area (TPSA) is 58.3 Å². The molecule has 0 bridgehead atoms. The van der Waals surface area contributed by atoms with Crippen LogP contribution in [-0.4, -0.2) is 45.8 Å². The van der Waals surface area contributed by atoms with Crippen molar-refractivity contribution in [2.24, 2.45) is 4.99 Å². The van der Waals surface area contributed by atoms with Crippen LogP contribution in [0.1, 0.15) is 42.9 Å². The van der Waals surface area contributed by atoms with Gasteiger partial charge in [0, 0.05) is 33.1 Å². The van der Waals surface area contributed by atoms with Gasteiger partial charge in [0.05, 0.1) is 6.54 Å². The smallest absolute Gasteiger partial charge is 0.194 e. The molecule has 2 aliphatic rings. The highest BCUT2D eigenvalue weighted by molar-refractivity contribution is 14.0. The molecule has 0 atom stereocenters. The third kappa shape index (κ3) is 4.92. The molecular formula is C21H29IN6. The molecule has 0 spiro atoms. The van der Waals surface area contributed by atoms with E-state index in [-0.39, 0.29) is 24.0 Å². The van der Waals surface area contributed by atoms with Crippen LogP contribution in [0.25, 0.3) is 6.08 Å². The minimum Gasteiger partial charge on any atom is -0.349 e. The van der Waals surface area contributed by atoms with E-state index < -0.39 is 0 Å². The fourth-order valence-corrected chi connectivity index (χ4v) is 3.92. The van der Waals surface area contributed by atoms with Gasteiger partial charge in [-0.25, -0.2) is 0 Å². The molecule has 1 aromatic heterocycles. The van der Waals surface area contributed by atoms with Gasteiger partial charge in [-0.15, -0.1) is 34.2 Å². The molecule has 0 aliphatic carbocycles. The largest absolute Gasteiger partial charge is 0.349 e. The number of guanidine groups is 1. The van der Waals surface area contributed by atoms with E-state index in [1.807, 2.05) is 7.05 Å². The molecule has 2 aliphatic heterocycles. The first-order valence-corrected chi connectivity index (χ1v) is 9.94. The first kappa shape index (κ1) is 20.8. The maximum atomic E-state index is 4.49. The molecule has 4 rings (SSSR count). The number of hydrogen-bond acceptors (Lipinski definition) is 3. The van der Waals surface area contributed by atoms with E-state index in [9.17, 15) is 0 Å². The van der Waals surface area contributed by atoms with E-state index in [4.69, 9.17) is 0 Å². The summed E-state index contributed by atoms with van der Waals surface area (Å²) >= 11 is 0. The highest BCUT2D eigenvalue weighted by Gasteiger charge is 2.19. The number of hydrogen-bond donors (Lipinski definition) is 1. The Morgan fingerprint density at radius 2 is 1.86 bits per heavy atom. The second-order valence-corrected chi connectivity index (χ2v) is 7.24. The summed E-state index contributed by atoms with van der Waals surface area (Å²) < 4.78 is 2.26. The number of halogens is 1. The van der Waals surface area contributed by atoms with Crippen LogP contribution in [0, 0.1) is 0 Å². The van der Waals surface area contributed by atoms with Crippen molar-refractivity contribution in [3.05, 3.63) is 53.1 Å². The van der Waals surface area contributed by atoms with Gasteiger partial charge < -0.3 is 14.8 Å². The predicted octanol–water partition coefficient (Wildman–Crippen LogP) is 3.49. The van der Waals surface area contributed by atoms with Crippen molar-refractivity contribution in [3.8, 4) is 0 Å². The molecule has 150 valence electrons. The molecule has 6 nitrogen and oxygen atoms in total. The molecule has 28 heavy (non-hydrogen) atoms. The molecule has 0 unspecified atom stereocenters. The minimum absolute atomic E-state index is 0. The molecule has 7 heteroatoms. The van der Waals surface area contributed by atoms with E-state index >= 15 is 0 Å². The van der Waals surface area contributed by atoms with Gasteiger partial charge in [0.25, 0.3) is 0 Å². The Balaban J connectivity index is 0.00000225. The summed E-state index contributed by atoms with van der Waals surface area (Å²) in [5.74, 6) is 3.11. The highest BCUT2D eigenvalue weighted by atomic mass is 127. The Morgan fingerprint density at radius 3 is 2.61 bits per heavy atom. The lowest BCUT2D eigenvalue weighted by Gasteiger charge is -2.31. The van der Waals surface area contributed by atoms with E-state index in [0.29, 0.717) is 6.54 Å². The number of likely N-dealkylation sites (tertiary alicyclic amines) is 1. The second-order valence-electron chi connectivity index (χ2n) is 7.24. The predicted molar refractivity (Wildman–Crippen MR) is 124 cm³/mol. The first-order valence-electron chi connectivity index (χ1n) is 9.94. The van der Waals surface area contributed by atoms with E-state index in [1.165, 1.54) is 24.0 Å². The number of aryl methyl sites for hydroxylation is 1. The summed E-state index contributed by atoms with van der Waals surface area (Å²) in [5.41, 5.74) is 2.81. The zero-order chi connectivity index (χ0) is 18.5. The molecule has 2 aromatic rings. The van der Waals surface area contributed by atoms with E-state index in [0.717, 1.165) is 56.5 Å². The third-order valence-corrected chi connectivity index (χ3v) is 5.43. The highest BCUT2D eigenvalue weighted by Crippen LogP contribution is 2.20. The normalized spacial score (nSPS) is 17.0.